The molecule has 0 saturated carbocycles. The Bertz CT molecular complexity index is 1080. The monoisotopic (exact) mass is 458 g/mol. The van der Waals surface area contributed by atoms with Gasteiger partial charge in [-0.05, 0) is 29.8 Å². The molecule has 1 N–H and O–H groups in total. The van der Waals surface area contributed by atoms with Gasteiger partial charge in [-0.2, -0.15) is 0 Å². The number of amides is 1. The molecule has 8 heteroatoms. The second-order valence-electron chi connectivity index (χ2n) is 6.04. The highest BCUT2D eigenvalue weighted by Gasteiger charge is 2.47. The number of rotatable bonds is 3. The van der Waals surface area contributed by atoms with Crippen LogP contribution in [0.1, 0.15) is 17.2 Å². The summed E-state index contributed by atoms with van der Waals surface area (Å²) in [4.78, 5) is 31.0. The van der Waals surface area contributed by atoms with Gasteiger partial charge in [0.05, 0.1) is 11.6 Å². The van der Waals surface area contributed by atoms with E-state index in [2.05, 4.69) is 20.9 Å². The molecular formula is C20H12BrFN2O3S. The Morgan fingerprint density at radius 2 is 1.79 bits per heavy atom. The molecule has 1 atom stereocenters. The van der Waals surface area contributed by atoms with Crippen molar-refractivity contribution in [1.29, 1.82) is 0 Å². The molecule has 28 heavy (non-hydrogen) atoms. The predicted molar refractivity (Wildman–Crippen MR) is 107 cm³/mol. The van der Waals surface area contributed by atoms with Crippen molar-refractivity contribution in [2.75, 3.05) is 4.90 Å². The molecule has 2 heterocycles. The maximum Gasteiger partial charge on any atom is 0.301 e. The van der Waals surface area contributed by atoms with Crippen molar-refractivity contribution in [2.24, 2.45) is 0 Å². The Labute approximate surface area is 171 Å². The van der Waals surface area contributed by atoms with Crippen LogP contribution in [0, 0.1) is 5.82 Å². The first-order valence-corrected chi connectivity index (χ1v) is 9.86. The van der Waals surface area contributed by atoms with E-state index in [0.29, 0.717) is 16.3 Å². The lowest BCUT2D eigenvalue weighted by atomic mass is 9.95. The number of halogens is 2. The lowest BCUT2D eigenvalue weighted by molar-refractivity contribution is -0.132. The van der Waals surface area contributed by atoms with E-state index in [9.17, 15) is 19.1 Å². The summed E-state index contributed by atoms with van der Waals surface area (Å²) >= 11 is 4.52. The number of ketones is 1. The summed E-state index contributed by atoms with van der Waals surface area (Å²) in [5.41, 5.74) is 0.830. The highest BCUT2D eigenvalue weighted by molar-refractivity contribution is 9.10. The van der Waals surface area contributed by atoms with E-state index in [-0.39, 0.29) is 11.3 Å². The van der Waals surface area contributed by atoms with Gasteiger partial charge in [0.25, 0.3) is 5.78 Å². The quantitative estimate of drug-likeness (QED) is 0.351. The fraction of sp³-hybridized carbons (Fsp3) is 0.0500. The first kappa shape index (κ1) is 18.5. The number of hydrogen-bond acceptors (Lipinski definition) is 5. The van der Waals surface area contributed by atoms with E-state index < -0.39 is 23.5 Å². The second-order valence-corrected chi connectivity index (χ2v) is 7.83. The molecule has 5 nitrogen and oxygen atoms in total. The highest BCUT2D eigenvalue weighted by Crippen LogP contribution is 2.42. The number of aliphatic hydroxyl groups is 1. The van der Waals surface area contributed by atoms with Crippen LogP contribution in [-0.4, -0.2) is 21.8 Å². The fourth-order valence-corrected chi connectivity index (χ4v) is 4.02. The summed E-state index contributed by atoms with van der Waals surface area (Å²) in [6, 6.07) is 11.3. The summed E-state index contributed by atoms with van der Waals surface area (Å²) in [6.45, 7) is 0. The molecule has 2 aromatic carbocycles. The van der Waals surface area contributed by atoms with Crippen LogP contribution in [0.5, 0.6) is 0 Å². The normalized spacial score (nSPS) is 18.6. The molecule has 0 radical (unpaired) electrons. The number of anilines is 1. The molecule has 0 aliphatic carbocycles. The van der Waals surface area contributed by atoms with Gasteiger partial charge in [0.15, 0.2) is 5.13 Å². The number of carbonyl (C=O) groups is 2. The lowest BCUT2D eigenvalue weighted by Crippen LogP contribution is -2.29. The van der Waals surface area contributed by atoms with E-state index in [0.717, 1.165) is 4.47 Å². The van der Waals surface area contributed by atoms with Gasteiger partial charge in [-0.15, -0.1) is 11.3 Å². The Morgan fingerprint density at radius 1 is 1.11 bits per heavy atom. The maximum absolute atomic E-state index is 13.4. The van der Waals surface area contributed by atoms with Gasteiger partial charge in [0.1, 0.15) is 11.6 Å². The minimum atomic E-state index is -0.907. The summed E-state index contributed by atoms with van der Waals surface area (Å²) < 4.78 is 14.2. The summed E-state index contributed by atoms with van der Waals surface area (Å²) in [7, 11) is 0. The van der Waals surface area contributed by atoms with E-state index in [1.54, 1.807) is 29.6 Å². The molecule has 0 bridgehead atoms. The van der Waals surface area contributed by atoms with Crippen LogP contribution in [0.15, 0.2) is 70.2 Å². The average molecular weight is 459 g/mol. The van der Waals surface area contributed by atoms with Gasteiger partial charge in [-0.25, -0.2) is 9.37 Å². The second kappa shape index (κ2) is 7.29. The van der Waals surface area contributed by atoms with Crippen molar-refractivity contribution in [3.05, 3.63) is 87.1 Å². The topological polar surface area (TPSA) is 70.5 Å². The number of hydrogen-bond donors (Lipinski definition) is 1. The van der Waals surface area contributed by atoms with Crippen LogP contribution in [0.3, 0.4) is 0 Å². The maximum atomic E-state index is 13.4. The van der Waals surface area contributed by atoms with Crippen molar-refractivity contribution in [1.82, 2.24) is 4.98 Å². The van der Waals surface area contributed by atoms with Crippen LogP contribution in [0.4, 0.5) is 9.52 Å². The van der Waals surface area contributed by atoms with Crippen LogP contribution >= 0.6 is 27.3 Å². The highest BCUT2D eigenvalue weighted by atomic mass is 79.9. The standard InChI is InChI=1S/C20H12BrFN2O3S/c21-13-5-1-12(2-6-13)17(25)15-16(11-3-7-14(22)8-4-11)24(19(27)18(15)26)20-23-9-10-28-20/h1-10,16,25H/t16-/m1/s1. The molecule has 1 aliphatic rings. The number of nitrogens with zero attached hydrogens (tertiary/aromatic N) is 2. The molecule has 0 unspecified atom stereocenters. The minimum Gasteiger partial charge on any atom is -0.507 e. The Morgan fingerprint density at radius 3 is 2.39 bits per heavy atom. The Hall–Kier alpha value is -2.84. The smallest absolute Gasteiger partial charge is 0.301 e. The van der Waals surface area contributed by atoms with Gasteiger partial charge in [0, 0.05) is 21.6 Å². The van der Waals surface area contributed by atoms with E-state index >= 15 is 0 Å². The SMILES string of the molecule is O=C1C(=O)N(c2nccs2)[C@H](c2ccc(F)cc2)C1=C(O)c1ccc(Br)cc1. The largest absolute Gasteiger partial charge is 0.507 e. The average Bonchev–Trinajstić information content (AvgIpc) is 3.30. The van der Waals surface area contributed by atoms with E-state index in [1.807, 2.05) is 0 Å². The molecule has 1 aliphatic heterocycles. The predicted octanol–water partition coefficient (Wildman–Crippen LogP) is 4.67. The summed E-state index contributed by atoms with van der Waals surface area (Å²) in [5, 5.41) is 12.9. The molecule has 1 saturated heterocycles. The number of benzene rings is 2. The molecule has 140 valence electrons. The number of carbonyl (C=O) groups excluding carboxylic acids is 2. The van der Waals surface area contributed by atoms with Gasteiger partial charge >= 0.3 is 5.91 Å². The van der Waals surface area contributed by atoms with Crippen molar-refractivity contribution >= 4 is 49.8 Å². The van der Waals surface area contributed by atoms with Crippen LogP contribution in [-0.2, 0) is 9.59 Å². The summed E-state index contributed by atoms with van der Waals surface area (Å²) in [6.07, 6.45) is 1.52. The Balaban J connectivity index is 1.93. The lowest BCUT2D eigenvalue weighted by Gasteiger charge is -2.22. The molecule has 0 spiro atoms. The van der Waals surface area contributed by atoms with Gasteiger partial charge in [-0.3, -0.25) is 14.5 Å². The van der Waals surface area contributed by atoms with Crippen molar-refractivity contribution in [3.8, 4) is 0 Å². The molecule has 3 aromatic rings. The van der Waals surface area contributed by atoms with E-state index in [4.69, 9.17) is 0 Å². The minimum absolute atomic E-state index is 0.0610. The Kier molecular flexibility index (Phi) is 4.82. The molecule has 1 amide bonds. The first-order chi connectivity index (χ1) is 13.5. The van der Waals surface area contributed by atoms with Crippen LogP contribution in [0.2, 0.25) is 0 Å². The van der Waals surface area contributed by atoms with Crippen molar-refractivity contribution < 1.29 is 19.1 Å². The van der Waals surface area contributed by atoms with Gasteiger partial charge in [-0.1, -0.05) is 40.2 Å². The third kappa shape index (κ3) is 3.14. The molecular weight excluding hydrogens is 447 g/mol. The number of Topliss-reactive ketones (excluding diaryl/α,β-unsaturated/α-hetero) is 1. The van der Waals surface area contributed by atoms with Crippen LogP contribution < -0.4 is 4.90 Å². The molecule has 1 fully saturated rings. The third-order valence-corrected chi connectivity index (χ3v) is 5.67. The first-order valence-electron chi connectivity index (χ1n) is 8.19. The number of thiazole rings is 1. The number of aliphatic hydroxyl groups excluding tert-OH is 1. The molecule has 4 rings (SSSR count). The van der Waals surface area contributed by atoms with Crippen molar-refractivity contribution in [3.63, 3.8) is 0 Å². The number of aromatic nitrogens is 1. The van der Waals surface area contributed by atoms with Gasteiger partial charge in [0.2, 0.25) is 0 Å². The zero-order valence-corrected chi connectivity index (χ0v) is 16.6. The fourth-order valence-electron chi connectivity index (χ4n) is 3.09. The zero-order valence-electron chi connectivity index (χ0n) is 14.2. The molecule has 1 aromatic heterocycles. The zero-order chi connectivity index (χ0) is 19.8. The third-order valence-electron chi connectivity index (χ3n) is 4.37. The van der Waals surface area contributed by atoms with Crippen LogP contribution in [0.25, 0.3) is 5.76 Å². The van der Waals surface area contributed by atoms with Gasteiger partial charge < -0.3 is 5.11 Å². The summed E-state index contributed by atoms with van der Waals surface area (Å²) in [5.74, 6) is -2.34. The van der Waals surface area contributed by atoms with E-state index in [1.165, 1.54) is 46.7 Å². The van der Waals surface area contributed by atoms with Crippen molar-refractivity contribution in [2.45, 2.75) is 6.04 Å².